The molecule has 1 fully saturated rings. The van der Waals surface area contributed by atoms with Gasteiger partial charge in [-0.3, -0.25) is 0 Å². The van der Waals surface area contributed by atoms with E-state index in [-0.39, 0.29) is 6.04 Å². The minimum Gasteiger partial charge on any atom is -0.494 e. The molecule has 21 heavy (non-hydrogen) atoms. The first kappa shape index (κ1) is 16.3. The predicted molar refractivity (Wildman–Crippen MR) is 83.9 cm³/mol. The molecule has 1 aromatic carbocycles. The molecule has 0 amide bonds. The largest absolute Gasteiger partial charge is 0.494 e. The van der Waals surface area contributed by atoms with Gasteiger partial charge in [-0.05, 0) is 49.4 Å². The molecule has 1 N–H and O–H groups in total. The molecule has 4 nitrogen and oxygen atoms in total. The lowest BCUT2D eigenvalue weighted by Gasteiger charge is -2.34. The van der Waals surface area contributed by atoms with Crippen LogP contribution in [0.3, 0.4) is 0 Å². The van der Waals surface area contributed by atoms with Crippen LogP contribution in [-0.2, 0) is 10.0 Å². The summed E-state index contributed by atoms with van der Waals surface area (Å²) >= 11 is 0. The van der Waals surface area contributed by atoms with Gasteiger partial charge in [-0.25, -0.2) is 13.1 Å². The Morgan fingerprint density at radius 1 is 1.19 bits per heavy atom. The summed E-state index contributed by atoms with van der Waals surface area (Å²) in [5.41, 5.74) is 0. The van der Waals surface area contributed by atoms with Crippen molar-refractivity contribution in [1.29, 1.82) is 0 Å². The van der Waals surface area contributed by atoms with Crippen LogP contribution >= 0.6 is 0 Å². The summed E-state index contributed by atoms with van der Waals surface area (Å²) in [7, 11) is -3.45. The van der Waals surface area contributed by atoms with E-state index in [9.17, 15) is 8.42 Å². The van der Waals surface area contributed by atoms with E-state index in [4.69, 9.17) is 4.74 Å². The van der Waals surface area contributed by atoms with Crippen molar-refractivity contribution in [2.75, 3.05) is 6.61 Å². The molecular formula is C16H25NO3S. The second-order valence-corrected chi connectivity index (χ2v) is 7.61. The van der Waals surface area contributed by atoms with Gasteiger partial charge in [0.2, 0.25) is 10.0 Å². The summed E-state index contributed by atoms with van der Waals surface area (Å²) in [5, 5.41) is 0. The van der Waals surface area contributed by atoms with Crippen LogP contribution in [0.15, 0.2) is 29.2 Å². The molecule has 0 aromatic heterocycles. The third-order valence-electron chi connectivity index (χ3n) is 4.46. The van der Waals surface area contributed by atoms with E-state index < -0.39 is 10.0 Å². The van der Waals surface area contributed by atoms with Crippen LogP contribution in [0.2, 0.25) is 0 Å². The average molecular weight is 311 g/mol. The molecule has 2 rings (SSSR count). The molecule has 0 radical (unpaired) electrons. The maximum absolute atomic E-state index is 12.5. The zero-order chi connectivity index (χ0) is 15.5. The molecule has 0 heterocycles. The first-order valence-corrected chi connectivity index (χ1v) is 9.17. The van der Waals surface area contributed by atoms with Gasteiger partial charge < -0.3 is 4.74 Å². The predicted octanol–water partition coefficient (Wildman–Crippen LogP) is 3.19. The molecule has 5 heteroatoms. The molecule has 0 spiro atoms. The molecular weight excluding hydrogens is 286 g/mol. The van der Waals surface area contributed by atoms with Gasteiger partial charge in [0, 0.05) is 6.04 Å². The highest BCUT2D eigenvalue weighted by Crippen LogP contribution is 2.30. The lowest BCUT2D eigenvalue weighted by molar-refractivity contribution is 0.227. The highest BCUT2D eigenvalue weighted by Gasteiger charge is 2.30. The summed E-state index contributed by atoms with van der Waals surface area (Å²) in [6.07, 6.45) is 3.19. The maximum atomic E-state index is 12.5. The number of sulfonamides is 1. The molecule has 0 bridgehead atoms. The van der Waals surface area contributed by atoms with Gasteiger partial charge in [0.05, 0.1) is 11.5 Å². The Labute approximate surface area is 127 Å². The van der Waals surface area contributed by atoms with Crippen LogP contribution in [-0.4, -0.2) is 21.1 Å². The smallest absolute Gasteiger partial charge is 0.240 e. The van der Waals surface area contributed by atoms with E-state index in [1.807, 2.05) is 6.92 Å². The van der Waals surface area contributed by atoms with E-state index in [2.05, 4.69) is 18.6 Å². The van der Waals surface area contributed by atoms with Gasteiger partial charge in [0.25, 0.3) is 0 Å². The minimum absolute atomic E-state index is 0.0327. The highest BCUT2D eigenvalue weighted by molar-refractivity contribution is 7.89. The molecule has 0 unspecified atom stereocenters. The molecule has 118 valence electrons. The molecule has 0 saturated heterocycles. The monoisotopic (exact) mass is 311 g/mol. The van der Waals surface area contributed by atoms with Crippen molar-refractivity contribution >= 4 is 10.0 Å². The lowest BCUT2D eigenvalue weighted by Crippen LogP contribution is -2.43. The van der Waals surface area contributed by atoms with Crippen LogP contribution in [0.4, 0.5) is 0 Å². The fraction of sp³-hybridized carbons (Fsp3) is 0.625. The SMILES string of the molecule is CCOc1ccc(S(=O)(=O)N[C@H]2CCC[C@@H](C)[C@@H]2C)cc1. The van der Waals surface area contributed by atoms with Crippen molar-refractivity contribution in [2.45, 2.75) is 51.0 Å². The van der Waals surface area contributed by atoms with E-state index in [1.165, 1.54) is 6.42 Å². The fourth-order valence-corrected chi connectivity index (χ4v) is 4.26. The van der Waals surface area contributed by atoms with Gasteiger partial charge in [-0.15, -0.1) is 0 Å². The topological polar surface area (TPSA) is 55.4 Å². The Morgan fingerprint density at radius 2 is 1.86 bits per heavy atom. The normalized spacial score (nSPS) is 26.5. The third kappa shape index (κ3) is 3.98. The first-order chi connectivity index (χ1) is 9.94. The van der Waals surface area contributed by atoms with E-state index in [0.717, 1.165) is 12.8 Å². The van der Waals surface area contributed by atoms with Crippen LogP contribution < -0.4 is 9.46 Å². The Morgan fingerprint density at radius 3 is 2.48 bits per heavy atom. The number of hydrogen-bond acceptors (Lipinski definition) is 3. The van der Waals surface area contributed by atoms with Crippen molar-refractivity contribution < 1.29 is 13.2 Å². The number of hydrogen-bond donors (Lipinski definition) is 1. The summed E-state index contributed by atoms with van der Waals surface area (Å²) in [5.74, 6) is 1.62. The zero-order valence-corrected chi connectivity index (χ0v) is 13.8. The van der Waals surface area contributed by atoms with Crippen LogP contribution in [0, 0.1) is 11.8 Å². The first-order valence-electron chi connectivity index (χ1n) is 7.69. The summed E-state index contributed by atoms with van der Waals surface area (Å²) in [6, 6.07) is 6.63. The Balaban J connectivity index is 2.10. The minimum atomic E-state index is -3.45. The molecule has 1 aliphatic carbocycles. The van der Waals surface area contributed by atoms with E-state index in [0.29, 0.717) is 29.1 Å². The Kier molecular flexibility index (Phi) is 5.27. The molecule has 3 atom stereocenters. The highest BCUT2D eigenvalue weighted by atomic mass is 32.2. The molecule has 0 aliphatic heterocycles. The lowest BCUT2D eigenvalue weighted by atomic mass is 9.78. The second kappa shape index (κ2) is 6.79. The van der Waals surface area contributed by atoms with Gasteiger partial charge in [0.1, 0.15) is 5.75 Å². The van der Waals surface area contributed by atoms with Crippen molar-refractivity contribution in [3.63, 3.8) is 0 Å². The zero-order valence-electron chi connectivity index (χ0n) is 13.0. The van der Waals surface area contributed by atoms with Crippen molar-refractivity contribution in [3.8, 4) is 5.75 Å². The fourth-order valence-electron chi connectivity index (χ4n) is 2.90. The third-order valence-corrected chi connectivity index (χ3v) is 5.96. The van der Waals surface area contributed by atoms with Crippen LogP contribution in [0.25, 0.3) is 0 Å². The molecule has 1 saturated carbocycles. The Bertz CT molecular complexity index is 553. The number of nitrogens with one attached hydrogen (secondary N) is 1. The number of rotatable bonds is 5. The summed E-state index contributed by atoms with van der Waals surface area (Å²) in [6.45, 7) is 6.80. The number of ether oxygens (including phenoxy) is 1. The Hall–Kier alpha value is -1.07. The van der Waals surface area contributed by atoms with Crippen molar-refractivity contribution in [1.82, 2.24) is 4.72 Å². The van der Waals surface area contributed by atoms with Gasteiger partial charge in [0.15, 0.2) is 0 Å². The summed E-state index contributed by atoms with van der Waals surface area (Å²) < 4.78 is 33.2. The average Bonchev–Trinajstić information content (AvgIpc) is 2.45. The quantitative estimate of drug-likeness (QED) is 0.908. The standard InChI is InChI=1S/C16H25NO3S/c1-4-20-14-8-10-15(11-9-14)21(18,19)17-16-7-5-6-12(2)13(16)3/h8-13,16-17H,4-7H2,1-3H3/t12-,13+,16+/m1/s1. The van der Waals surface area contributed by atoms with Crippen molar-refractivity contribution in [2.24, 2.45) is 11.8 Å². The summed E-state index contributed by atoms with van der Waals surface area (Å²) in [4.78, 5) is 0.302. The van der Waals surface area contributed by atoms with Crippen LogP contribution in [0.1, 0.15) is 40.0 Å². The van der Waals surface area contributed by atoms with Gasteiger partial charge in [-0.1, -0.05) is 26.7 Å². The molecule has 1 aliphatic rings. The van der Waals surface area contributed by atoms with E-state index >= 15 is 0 Å². The van der Waals surface area contributed by atoms with Crippen LogP contribution in [0.5, 0.6) is 5.75 Å². The van der Waals surface area contributed by atoms with E-state index in [1.54, 1.807) is 24.3 Å². The van der Waals surface area contributed by atoms with Gasteiger partial charge in [-0.2, -0.15) is 0 Å². The second-order valence-electron chi connectivity index (χ2n) is 5.90. The van der Waals surface area contributed by atoms with Gasteiger partial charge >= 0.3 is 0 Å². The maximum Gasteiger partial charge on any atom is 0.240 e. The molecule has 1 aromatic rings. The van der Waals surface area contributed by atoms with Crippen molar-refractivity contribution in [3.05, 3.63) is 24.3 Å². The number of benzene rings is 1.